The standard InChI is InChI=1S/C15H23NO3/c16-14(8-12-4-2-1-3-5-12)15(17)11-19-10-13-6-7-18-9-13/h1-5,13-15,17H,6-11,16H2. The predicted octanol–water partition coefficient (Wildman–Crippen LogP) is 0.970. The van der Waals surface area contributed by atoms with Gasteiger partial charge in [-0.05, 0) is 18.4 Å². The van der Waals surface area contributed by atoms with Crippen LogP contribution < -0.4 is 5.73 Å². The minimum atomic E-state index is -0.623. The summed E-state index contributed by atoms with van der Waals surface area (Å²) < 4.78 is 10.8. The number of rotatable bonds is 7. The van der Waals surface area contributed by atoms with Gasteiger partial charge in [0.15, 0.2) is 0 Å². The summed E-state index contributed by atoms with van der Waals surface area (Å²) in [5, 5.41) is 9.97. The lowest BCUT2D eigenvalue weighted by Crippen LogP contribution is -2.40. The molecule has 106 valence electrons. The number of hydrogen-bond acceptors (Lipinski definition) is 4. The van der Waals surface area contributed by atoms with Crippen LogP contribution in [0.3, 0.4) is 0 Å². The first-order valence-electron chi connectivity index (χ1n) is 6.89. The molecule has 0 bridgehead atoms. The molecule has 1 fully saturated rings. The number of hydrogen-bond donors (Lipinski definition) is 2. The summed E-state index contributed by atoms with van der Waals surface area (Å²) in [6.07, 6.45) is 1.09. The average Bonchev–Trinajstić information content (AvgIpc) is 2.93. The van der Waals surface area contributed by atoms with Crippen LogP contribution in [-0.2, 0) is 15.9 Å². The summed E-state index contributed by atoms with van der Waals surface area (Å²) in [6.45, 7) is 2.54. The molecular formula is C15H23NO3. The van der Waals surface area contributed by atoms with Crippen molar-refractivity contribution in [2.75, 3.05) is 26.4 Å². The minimum Gasteiger partial charge on any atom is -0.389 e. The number of aliphatic hydroxyl groups is 1. The van der Waals surface area contributed by atoms with Crippen LogP contribution in [0.5, 0.6) is 0 Å². The molecule has 1 heterocycles. The van der Waals surface area contributed by atoms with Gasteiger partial charge in [0.25, 0.3) is 0 Å². The zero-order chi connectivity index (χ0) is 13.5. The van der Waals surface area contributed by atoms with E-state index >= 15 is 0 Å². The Balaban J connectivity index is 1.65. The van der Waals surface area contributed by atoms with Crippen molar-refractivity contribution < 1.29 is 14.6 Å². The van der Waals surface area contributed by atoms with Gasteiger partial charge in [0, 0.05) is 18.6 Å². The van der Waals surface area contributed by atoms with Gasteiger partial charge in [-0.3, -0.25) is 0 Å². The summed E-state index contributed by atoms with van der Waals surface area (Å²) >= 11 is 0. The monoisotopic (exact) mass is 265 g/mol. The summed E-state index contributed by atoms with van der Waals surface area (Å²) in [4.78, 5) is 0. The van der Waals surface area contributed by atoms with Crippen molar-refractivity contribution in [1.82, 2.24) is 0 Å². The van der Waals surface area contributed by atoms with E-state index in [1.54, 1.807) is 0 Å². The molecule has 0 amide bonds. The molecule has 4 nitrogen and oxygen atoms in total. The van der Waals surface area contributed by atoms with Crippen molar-refractivity contribution in [3.63, 3.8) is 0 Å². The molecule has 1 aliphatic heterocycles. The van der Waals surface area contributed by atoms with Crippen LogP contribution in [0.15, 0.2) is 30.3 Å². The first kappa shape index (κ1) is 14.5. The van der Waals surface area contributed by atoms with E-state index in [0.717, 1.165) is 25.2 Å². The summed E-state index contributed by atoms with van der Waals surface area (Å²) in [5.74, 6) is 0.470. The van der Waals surface area contributed by atoms with Crippen molar-refractivity contribution in [3.8, 4) is 0 Å². The highest BCUT2D eigenvalue weighted by Crippen LogP contribution is 2.12. The van der Waals surface area contributed by atoms with Crippen molar-refractivity contribution >= 4 is 0 Å². The molecule has 1 saturated heterocycles. The van der Waals surface area contributed by atoms with Crippen molar-refractivity contribution in [1.29, 1.82) is 0 Å². The molecule has 3 unspecified atom stereocenters. The predicted molar refractivity (Wildman–Crippen MR) is 73.9 cm³/mol. The number of ether oxygens (including phenoxy) is 2. The van der Waals surface area contributed by atoms with Gasteiger partial charge in [0.2, 0.25) is 0 Å². The third-order valence-corrected chi connectivity index (χ3v) is 3.47. The first-order valence-corrected chi connectivity index (χ1v) is 6.89. The largest absolute Gasteiger partial charge is 0.389 e. The molecule has 1 aliphatic rings. The van der Waals surface area contributed by atoms with Crippen LogP contribution in [0.25, 0.3) is 0 Å². The maximum absolute atomic E-state index is 9.97. The van der Waals surface area contributed by atoms with Gasteiger partial charge in [0.1, 0.15) is 0 Å². The molecule has 3 N–H and O–H groups in total. The van der Waals surface area contributed by atoms with Gasteiger partial charge in [-0.25, -0.2) is 0 Å². The highest BCUT2D eigenvalue weighted by Gasteiger charge is 2.19. The number of aliphatic hydroxyl groups excluding tert-OH is 1. The molecule has 2 rings (SSSR count). The second-order valence-electron chi connectivity index (χ2n) is 5.19. The van der Waals surface area contributed by atoms with E-state index in [9.17, 15) is 5.11 Å². The Morgan fingerprint density at radius 3 is 2.84 bits per heavy atom. The van der Waals surface area contributed by atoms with E-state index in [4.69, 9.17) is 15.2 Å². The second kappa shape index (κ2) is 7.60. The molecule has 0 saturated carbocycles. The van der Waals surface area contributed by atoms with Crippen molar-refractivity contribution in [3.05, 3.63) is 35.9 Å². The Kier molecular flexibility index (Phi) is 5.79. The van der Waals surface area contributed by atoms with Gasteiger partial charge in [-0.15, -0.1) is 0 Å². The van der Waals surface area contributed by atoms with Crippen molar-refractivity contribution in [2.24, 2.45) is 11.7 Å². The van der Waals surface area contributed by atoms with Crippen LogP contribution in [0.1, 0.15) is 12.0 Å². The molecule has 1 aromatic rings. The molecule has 3 atom stereocenters. The smallest absolute Gasteiger partial charge is 0.0927 e. The van der Waals surface area contributed by atoms with E-state index < -0.39 is 6.10 Å². The summed E-state index contributed by atoms with van der Waals surface area (Å²) in [5.41, 5.74) is 7.13. The Labute approximate surface area is 114 Å². The van der Waals surface area contributed by atoms with Gasteiger partial charge in [0.05, 0.1) is 25.9 Å². The van der Waals surface area contributed by atoms with E-state index in [2.05, 4.69) is 0 Å². The fourth-order valence-electron chi connectivity index (χ4n) is 2.22. The van der Waals surface area contributed by atoms with Gasteiger partial charge in [-0.2, -0.15) is 0 Å². The highest BCUT2D eigenvalue weighted by molar-refractivity contribution is 5.16. The van der Waals surface area contributed by atoms with Crippen molar-refractivity contribution in [2.45, 2.75) is 25.0 Å². The Morgan fingerprint density at radius 2 is 2.16 bits per heavy atom. The van der Waals surface area contributed by atoms with E-state index in [-0.39, 0.29) is 6.04 Å². The summed E-state index contributed by atoms with van der Waals surface area (Å²) in [6, 6.07) is 9.67. The number of nitrogens with two attached hydrogens (primary N) is 1. The molecule has 0 aliphatic carbocycles. The molecular weight excluding hydrogens is 242 g/mol. The average molecular weight is 265 g/mol. The molecule has 0 spiro atoms. The second-order valence-corrected chi connectivity index (χ2v) is 5.19. The zero-order valence-electron chi connectivity index (χ0n) is 11.2. The molecule has 19 heavy (non-hydrogen) atoms. The van der Waals surface area contributed by atoms with E-state index in [1.165, 1.54) is 0 Å². The van der Waals surface area contributed by atoms with Crippen LogP contribution in [0.4, 0.5) is 0 Å². The van der Waals surface area contributed by atoms with Crippen LogP contribution in [0, 0.1) is 5.92 Å². The molecule has 0 aromatic heterocycles. The fourth-order valence-corrected chi connectivity index (χ4v) is 2.22. The van der Waals surface area contributed by atoms with Crippen LogP contribution in [0.2, 0.25) is 0 Å². The zero-order valence-corrected chi connectivity index (χ0v) is 11.2. The van der Waals surface area contributed by atoms with Crippen LogP contribution >= 0.6 is 0 Å². The third-order valence-electron chi connectivity index (χ3n) is 3.47. The Morgan fingerprint density at radius 1 is 1.37 bits per heavy atom. The highest BCUT2D eigenvalue weighted by atomic mass is 16.5. The quantitative estimate of drug-likeness (QED) is 0.771. The minimum absolute atomic E-state index is 0.290. The van der Waals surface area contributed by atoms with Gasteiger partial charge in [-0.1, -0.05) is 30.3 Å². The van der Waals surface area contributed by atoms with Gasteiger partial charge >= 0.3 is 0 Å². The van der Waals surface area contributed by atoms with E-state index in [1.807, 2.05) is 30.3 Å². The SMILES string of the molecule is NC(Cc1ccccc1)C(O)COCC1CCOC1. The lowest BCUT2D eigenvalue weighted by atomic mass is 10.0. The lowest BCUT2D eigenvalue weighted by Gasteiger charge is -2.19. The maximum atomic E-state index is 9.97. The Bertz CT molecular complexity index is 352. The Hall–Kier alpha value is -0.940. The normalized spacial score (nSPS) is 22.3. The van der Waals surface area contributed by atoms with Gasteiger partial charge < -0.3 is 20.3 Å². The summed E-state index contributed by atoms with van der Waals surface area (Å²) in [7, 11) is 0. The topological polar surface area (TPSA) is 64.7 Å². The molecule has 4 heteroatoms. The first-order chi connectivity index (χ1) is 9.25. The third kappa shape index (κ3) is 4.91. The fraction of sp³-hybridized carbons (Fsp3) is 0.600. The number of benzene rings is 1. The molecule has 0 radical (unpaired) electrons. The maximum Gasteiger partial charge on any atom is 0.0927 e. The molecule has 1 aromatic carbocycles. The van der Waals surface area contributed by atoms with E-state index in [0.29, 0.717) is 25.6 Å². The lowest BCUT2D eigenvalue weighted by molar-refractivity contribution is 0.00852. The van der Waals surface area contributed by atoms with Crippen LogP contribution in [-0.4, -0.2) is 43.7 Å².